The van der Waals surface area contributed by atoms with Crippen LogP contribution < -0.4 is 9.47 Å². The number of fused-ring (bicyclic) bond motifs is 1. The number of nitriles is 1. The first-order chi connectivity index (χ1) is 6.81. The zero-order valence-electron chi connectivity index (χ0n) is 7.16. The molecule has 2 rings (SSSR count). The fourth-order valence-corrected chi connectivity index (χ4v) is 1.40. The Labute approximate surface area is 86.1 Å². The van der Waals surface area contributed by atoms with E-state index in [9.17, 15) is 0 Å². The van der Waals surface area contributed by atoms with Crippen molar-refractivity contribution in [2.45, 2.75) is 0 Å². The molecule has 0 radical (unpaired) electrons. The van der Waals surface area contributed by atoms with Crippen LogP contribution in [0.2, 0.25) is 5.02 Å². The average Bonchev–Trinajstić information content (AvgIpc) is 2.61. The van der Waals surface area contributed by atoms with E-state index in [0.29, 0.717) is 16.5 Å². The maximum absolute atomic E-state index is 8.38. The van der Waals surface area contributed by atoms with Crippen molar-refractivity contribution in [1.29, 1.82) is 5.26 Å². The summed E-state index contributed by atoms with van der Waals surface area (Å²) in [6, 6.07) is 5.33. The van der Waals surface area contributed by atoms with Gasteiger partial charge in [-0.05, 0) is 17.7 Å². The number of hydrogen-bond donors (Lipinski definition) is 0. The molecule has 1 aliphatic heterocycles. The first kappa shape index (κ1) is 8.92. The maximum Gasteiger partial charge on any atom is 0.231 e. The molecule has 70 valence electrons. The van der Waals surface area contributed by atoms with E-state index < -0.39 is 0 Å². The first-order valence-electron chi connectivity index (χ1n) is 3.96. The van der Waals surface area contributed by atoms with Crippen molar-refractivity contribution < 1.29 is 9.47 Å². The minimum Gasteiger partial charge on any atom is -0.454 e. The molecule has 14 heavy (non-hydrogen) atoms. The van der Waals surface area contributed by atoms with Crippen LogP contribution in [-0.2, 0) is 0 Å². The Balaban J connectivity index is 2.43. The van der Waals surface area contributed by atoms with Gasteiger partial charge in [0, 0.05) is 12.1 Å². The highest BCUT2D eigenvalue weighted by molar-refractivity contribution is 6.32. The lowest BCUT2D eigenvalue weighted by atomic mass is 10.2. The molecule has 3 nitrogen and oxygen atoms in total. The molecule has 1 aliphatic rings. The molecule has 0 aromatic heterocycles. The van der Waals surface area contributed by atoms with Crippen molar-refractivity contribution in [1.82, 2.24) is 0 Å². The second-order valence-electron chi connectivity index (χ2n) is 2.69. The van der Waals surface area contributed by atoms with Gasteiger partial charge < -0.3 is 9.47 Å². The van der Waals surface area contributed by atoms with Crippen molar-refractivity contribution in [2.24, 2.45) is 0 Å². The lowest BCUT2D eigenvalue weighted by Gasteiger charge is -2.00. The van der Waals surface area contributed by atoms with Crippen LogP contribution in [0.3, 0.4) is 0 Å². The molecule has 4 heteroatoms. The number of hydrogen-bond acceptors (Lipinski definition) is 3. The summed E-state index contributed by atoms with van der Waals surface area (Å²) in [6.07, 6.45) is 2.99. The van der Waals surface area contributed by atoms with Crippen LogP contribution in [0.1, 0.15) is 5.56 Å². The quantitative estimate of drug-likeness (QED) is 0.665. The van der Waals surface area contributed by atoms with E-state index in [-0.39, 0.29) is 6.79 Å². The van der Waals surface area contributed by atoms with Gasteiger partial charge in [0.05, 0.1) is 11.1 Å². The van der Waals surface area contributed by atoms with Gasteiger partial charge in [-0.15, -0.1) is 0 Å². The van der Waals surface area contributed by atoms with Crippen molar-refractivity contribution in [3.8, 4) is 17.6 Å². The Kier molecular flexibility index (Phi) is 2.30. The monoisotopic (exact) mass is 207 g/mol. The third-order valence-electron chi connectivity index (χ3n) is 1.83. The summed E-state index contributed by atoms with van der Waals surface area (Å²) in [7, 11) is 0. The number of benzene rings is 1. The second kappa shape index (κ2) is 3.60. The SMILES string of the molecule is N#C/C=C/c1cc2c(cc1Cl)OCO2. The zero-order chi connectivity index (χ0) is 9.97. The molecule has 0 bridgehead atoms. The molecular weight excluding hydrogens is 202 g/mol. The van der Waals surface area contributed by atoms with Gasteiger partial charge in [0.15, 0.2) is 11.5 Å². The molecule has 0 fully saturated rings. The van der Waals surface area contributed by atoms with E-state index in [1.807, 2.05) is 6.07 Å². The molecule has 1 aromatic carbocycles. The van der Waals surface area contributed by atoms with Crippen molar-refractivity contribution >= 4 is 17.7 Å². The van der Waals surface area contributed by atoms with Gasteiger partial charge in [0.2, 0.25) is 6.79 Å². The number of nitrogens with zero attached hydrogens (tertiary/aromatic N) is 1. The van der Waals surface area contributed by atoms with Crippen LogP contribution >= 0.6 is 11.6 Å². The maximum atomic E-state index is 8.38. The van der Waals surface area contributed by atoms with E-state index >= 15 is 0 Å². The summed E-state index contributed by atoms with van der Waals surface area (Å²) >= 11 is 5.95. The number of ether oxygens (including phenoxy) is 2. The van der Waals surface area contributed by atoms with Crippen LogP contribution in [0.25, 0.3) is 6.08 Å². The highest BCUT2D eigenvalue weighted by atomic mass is 35.5. The molecule has 0 saturated heterocycles. The van der Waals surface area contributed by atoms with E-state index in [1.165, 1.54) is 6.08 Å². The molecule has 1 heterocycles. The Morgan fingerprint density at radius 2 is 2.07 bits per heavy atom. The van der Waals surface area contributed by atoms with Gasteiger partial charge in [-0.25, -0.2) is 0 Å². The van der Waals surface area contributed by atoms with Crippen LogP contribution in [0, 0.1) is 11.3 Å². The van der Waals surface area contributed by atoms with Gasteiger partial charge in [0.1, 0.15) is 0 Å². The first-order valence-corrected chi connectivity index (χ1v) is 4.34. The predicted molar refractivity (Wildman–Crippen MR) is 52.2 cm³/mol. The van der Waals surface area contributed by atoms with Gasteiger partial charge in [-0.1, -0.05) is 11.6 Å². The molecule has 0 aliphatic carbocycles. The third kappa shape index (κ3) is 1.52. The molecule has 0 N–H and O–H groups in total. The van der Waals surface area contributed by atoms with E-state index in [0.717, 1.165) is 5.56 Å². The van der Waals surface area contributed by atoms with E-state index in [4.69, 9.17) is 26.3 Å². The molecule has 0 saturated carbocycles. The minimum absolute atomic E-state index is 0.219. The zero-order valence-corrected chi connectivity index (χ0v) is 7.91. The Hall–Kier alpha value is -1.66. The van der Waals surface area contributed by atoms with Crippen molar-refractivity contribution in [3.63, 3.8) is 0 Å². The van der Waals surface area contributed by atoms with Crippen LogP contribution in [0.15, 0.2) is 18.2 Å². The van der Waals surface area contributed by atoms with Crippen LogP contribution in [0.4, 0.5) is 0 Å². The summed E-state index contributed by atoms with van der Waals surface area (Å²) in [5.74, 6) is 1.30. The van der Waals surface area contributed by atoms with Crippen LogP contribution in [0.5, 0.6) is 11.5 Å². The average molecular weight is 208 g/mol. The topological polar surface area (TPSA) is 42.2 Å². The lowest BCUT2D eigenvalue weighted by Crippen LogP contribution is -1.92. The molecule has 1 aromatic rings. The molecule has 0 unspecified atom stereocenters. The number of allylic oxidation sites excluding steroid dienone is 1. The van der Waals surface area contributed by atoms with Gasteiger partial charge in [-0.2, -0.15) is 5.26 Å². The van der Waals surface area contributed by atoms with Gasteiger partial charge in [-0.3, -0.25) is 0 Å². The van der Waals surface area contributed by atoms with E-state index in [1.54, 1.807) is 18.2 Å². The fourth-order valence-electron chi connectivity index (χ4n) is 1.19. The largest absolute Gasteiger partial charge is 0.454 e. The molecular formula is C10H6ClNO2. The Bertz CT molecular complexity index is 434. The fraction of sp³-hybridized carbons (Fsp3) is 0.100. The normalized spacial score (nSPS) is 13.1. The van der Waals surface area contributed by atoms with Gasteiger partial charge in [0.25, 0.3) is 0 Å². The summed E-state index contributed by atoms with van der Waals surface area (Å²) < 4.78 is 10.3. The molecule has 0 spiro atoms. The summed E-state index contributed by atoms with van der Waals surface area (Å²) in [6.45, 7) is 0.219. The molecule has 0 atom stereocenters. The molecule has 0 amide bonds. The standard InChI is InChI=1S/C10H6ClNO2/c11-8-5-10-9(13-6-14-10)4-7(8)2-1-3-12/h1-2,4-5H,6H2/b2-1+. The third-order valence-corrected chi connectivity index (χ3v) is 2.16. The highest BCUT2D eigenvalue weighted by Crippen LogP contribution is 2.37. The summed E-state index contributed by atoms with van der Waals surface area (Å²) in [5.41, 5.74) is 0.748. The highest BCUT2D eigenvalue weighted by Gasteiger charge is 2.15. The smallest absolute Gasteiger partial charge is 0.231 e. The summed E-state index contributed by atoms with van der Waals surface area (Å²) in [4.78, 5) is 0. The van der Waals surface area contributed by atoms with Gasteiger partial charge >= 0.3 is 0 Å². The lowest BCUT2D eigenvalue weighted by molar-refractivity contribution is 0.174. The Morgan fingerprint density at radius 3 is 2.79 bits per heavy atom. The van der Waals surface area contributed by atoms with E-state index in [2.05, 4.69) is 0 Å². The minimum atomic E-state index is 0.219. The second-order valence-corrected chi connectivity index (χ2v) is 3.10. The van der Waals surface area contributed by atoms with Crippen molar-refractivity contribution in [2.75, 3.05) is 6.79 Å². The number of halogens is 1. The van der Waals surface area contributed by atoms with Crippen LogP contribution in [-0.4, -0.2) is 6.79 Å². The number of rotatable bonds is 1. The summed E-state index contributed by atoms with van der Waals surface area (Å²) in [5, 5.41) is 8.92. The van der Waals surface area contributed by atoms with Crippen molar-refractivity contribution in [3.05, 3.63) is 28.8 Å². The Morgan fingerprint density at radius 1 is 1.36 bits per heavy atom. The predicted octanol–water partition coefficient (Wildman–Crippen LogP) is 2.61.